The Morgan fingerprint density at radius 1 is 0.488 bits per heavy atom. The van der Waals surface area contributed by atoms with Crippen LogP contribution in [0.2, 0.25) is 0 Å². The van der Waals surface area contributed by atoms with Crippen molar-refractivity contribution in [3.8, 4) is 11.5 Å². The van der Waals surface area contributed by atoms with Crippen LogP contribution in [0.1, 0.15) is 12.8 Å². The third kappa shape index (κ3) is 6.26. The molecule has 0 aromatic heterocycles. The molecule has 3 nitrogen and oxygen atoms in total. The van der Waals surface area contributed by atoms with Gasteiger partial charge in [-0.05, 0) is 81.5 Å². The summed E-state index contributed by atoms with van der Waals surface area (Å²) in [6.45, 7) is -0.977. The molecule has 0 radical (unpaired) electrons. The van der Waals surface area contributed by atoms with E-state index in [1.54, 1.807) is 48.5 Å². The maximum atomic E-state index is 12.6. The van der Waals surface area contributed by atoms with Crippen molar-refractivity contribution >= 4 is 49.4 Å². The highest BCUT2D eigenvalue weighted by molar-refractivity contribution is 6.25. The van der Waals surface area contributed by atoms with E-state index < -0.39 is 38.4 Å². The number of nitrogens with zero attached hydrogens (tertiary/aromatic N) is 1. The Kier molecular flexibility index (Phi) is 7.42. The topological polar surface area (TPSA) is 21.7 Å². The quantitative estimate of drug-likeness (QED) is 0.123. The van der Waals surface area contributed by atoms with Gasteiger partial charge in [-0.25, -0.2) is 0 Å². The van der Waals surface area contributed by atoms with Gasteiger partial charge >= 0.3 is 12.4 Å². The molecule has 0 bridgehead atoms. The van der Waals surface area contributed by atoms with Gasteiger partial charge in [0, 0.05) is 16.8 Å². The van der Waals surface area contributed by atoms with Crippen molar-refractivity contribution in [2.75, 3.05) is 18.1 Å². The summed E-state index contributed by atoms with van der Waals surface area (Å²) in [6.07, 6.45) is -10.7. The molecule has 6 aromatic carbocycles. The zero-order valence-corrected chi connectivity index (χ0v) is 22.7. The zero-order valence-electron chi connectivity index (χ0n) is 22.7. The highest BCUT2D eigenvalue weighted by atomic mass is 19.4. The van der Waals surface area contributed by atoms with Gasteiger partial charge in [-0.1, -0.05) is 48.5 Å². The van der Waals surface area contributed by atoms with Gasteiger partial charge in [0.05, 0.1) is 31.7 Å². The molecule has 43 heavy (non-hydrogen) atoms. The van der Waals surface area contributed by atoms with Crippen molar-refractivity contribution in [1.29, 1.82) is 0 Å². The molecule has 0 spiro atoms. The summed E-state index contributed by atoms with van der Waals surface area (Å²) in [5.41, 5.74) is 2.27. The van der Waals surface area contributed by atoms with Crippen molar-refractivity contribution in [3.05, 3.63) is 103 Å². The Hall–Kier alpha value is -4.66. The van der Waals surface area contributed by atoms with Crippen LogP contribution in [0.15, 0.2) is 103 Å². The molecule has 0 aliphatic carbocycles. The first-order chi connectivity index (χ1) is 20.6. The van der Waals surface area contributed by atoms with E-state index in [0.717, 1.165) is 38.0 Å². The highest BCUT2D eigenvalue weighted by Gasteiger charge is 2.27. The highest BCUT2D eigenvalue weighted by Crippen LogP contribution is 2.44. The zero-order chi connectivity index (χ0) is 30.2. The SMILES string of the molecule is FC(F)(F)CCOc1ccc(N(c2ccc(OCCC(F)(F)F)cc2)c2ccc3ccc4cccc5ccc2c3c45)cc1. The summed E-state index contributed by atoms with van der Waals surface area (Å²) in [5.74, 6) is 0.605. The van der Waals surface area contributed by atoms with Crippen molar-refractivity contribution in [1.82, 2.24) is 0 Å². The minimum atomic E-state index is -4.31. The van der Waals surface area contributed by atoms with E-state index >= 15 is 0 Å². The Labute approximate surface area is 243 Å². The number of rotatable bonds is 9. The van der Waals surface area contributed by atoms with Crippen LogP contribution < -0.4 is 14.4 Å². The first-order valence-electron chi connectivity index (χ1n) is 13.6. The minimum Gasteiger partial charge on any atom is -0.493 e. The van der Waals surface area contributed by atoms with Gasteiger partial charge < -0.3 is 14.4 Å². The summed E-state index contributed by atoms with van der Waals surface area (Å²) in [6, 6.07) is 32.0. The van der Waals surface area contributed by atoms with Gasteiger partial charge in [0.15, 0.2) is 0 Å². The third-order valence-electron chi connectivity index (χ3n) is 7.24. The maximum Gasteiger partial charge on any atom is 0.392 e. The monoisotopic (exact) mass is 593 g/mol. The molecule has 0 saturated carbocycles. The van der Waals surface area contributed by atoms with E-state index in [1.807, 2.05) is 23.1 Å². The van der Waals surface area contributed by atoms with E-state index in [9.17, 15) is 26.3 Å². The molecular formula is C34H25F6NO2. The van der Waals surface area contributed by atoms with E-state index in [1.165, 1.54) is 0 Å². The molecule has 0 saturated heterocycles. The molecule has 0 fully saturated rings. The number of ether oxygens (including phenoxy) is 2. The molecular weight excluding hydrogens is 568 g/mol. The van der Waals surface area contributed by atoms with Gasteiger partial charge in [-0.2, -0.15) is 26.3 Å². The summed E-state index contributed by atoms with van der Waals surface area (Å²) in [4.78, 5) is 1.99. The summed E-state index contributed by atoms with van der Waals surface area (Å²) < 4.78 is 86.2. The third-order valence-corrected chi connectivity index (χ3v) is 7.24. The van der Waals surface area contributed by atoms with Crippen LogP contribution in [0.5, 0.6) is 11.5 Å². The smallest absolute Gasteiger partial charge is 0.392 e. The van der Waals surface area contributed by atoms with Crippen LogP contribution >= 0.6 is 0 Å². The van der Waals surface area contributed by atoms with Gasteiger partial charge in [0.2, 0.25) is 0 Å². The first-order valence-corrected chi connectivity index (χ1v) is 13.6. The average molecular weight is 594 g/mol. The molecule has 0 unspecified atom stereocenters. The van der Waals surface area contributed by atoms with E-state index in [2.05, 4.69) is 36.4 Å². The second-order valence-corrected chi connectivity index (χ2v) is 10.2. The van der Waals surface area contributed by atoms with Crippen LogP contribution in [0.3, 0.4) is 0 Å². The van der Waals surface area contributed by atoms with Crippen LogP contribution in [0.4, 0.5) is 43.4 Å². The molecule has 0 heterocycles. The fraction of sp³-hybridized carbons (Fsp3) is 0.176. The predicted octanol–water partition coefficient (Wildman–Crippen LogP) is 10.7. The Bertz CT molecular complexity index is 1770. The van der Waals surface area contributed by atoms with Gasteiger partial charge in [-0.15, -0.1) is 0 Å². The van der Waals surface area contributed by atoms with Crippen LogP contribution in [0.25, 0.3) is 32.3 Å². The summed E-state index contributed by atoms with van der Waals surface area (Å²) in [7, 11) is 0. The van der Waals surface area contributed by atoms with Crippen molar-refractivity contribution in [2.24, 2.45) is 0 Å². The normalized spacial score (nSPS) is 12.3. The molecule has 220 valence electrons. The minimum absolute atomic E-state index is 0.303. The van der Waals surface area contributed by atoms with Crippen molar-refractivity contribution in [3.63, 3.8) is 0 Å². The van der Waals surface area contributed by atoms with E-state index in [0.29, 0.717) is 22.9 Å². The van der Waals surface area contributed by atoms with Crippen molar-refractivity contribution in [2.45, 2.75) is 25.2 Å². The molecule has 9 heteroatoms. The number of halogens is 6. The van der Waals surface area contributed by atoms with Crippen LogP contribution in [0, 0.1) is 0 Å². The molecule has 0 aliphatic rings. The fourth-order valence-corrected chi connectivity index (χ4v) is 5.29. The summed E-state index contributed by atoms with van der Waals surface area (Å²) >= 11 is 0. The van der Waals surface area contributed by atoms with Gasteiger partial charge in [0.1, 0.15) is 11.5 Å². The van der Waals surface area contributed by atoms with E-state index in [4.69, 9.17) is 9.47 Å². The van der Waals surface area contributed by atoms with Gasteiger partial charge in [-0.3, -0.25) is 0 Å². The number of hydrogen-bond donors (Lipinski definition) is 0. The van der Waals surface area contributed by atoms with Crippen LogP contribution in [-0.2, 0) is 0 Å². The predicted molar refractivity (Wildman–Crippen MR) is 157 cm³/mol. The lowest BCUT2D eigenvalue weighted by atomic mass is 9.93. The molecule has 6 rings (SSSR count). The molecule has 0 amide bonds. The first kappa shape index (κ1) is 28.5. The van der Waals surface area contributed by atoms with Gasteiger partial charge in [0.25, 0.3) is 0 Å². The van der Waals surface area contributed by atoms with Crippen LogP contribution in [-0.4, -0.2) is 25.6 Å². The lowest BCUT2D eigenvalue weighted by Crippen LogP contribution is -2.13. The Morgan fingerprint density at radius 3 is 1.42 bits per heavy atom. The number of hydrogen-bond acceptors (Lipinski definition) is 3. The number of benzene rings is 6. The molecule has 0 aliphatic heterocycles. The Morgan fingerprint density at radius 2 is 0.930 bits per heavy atom. The van der Waals surface area contributed by atoms with E-state index in [-0.39, 0.29) is 0 Å². The largest absolute Gasteiger partial charge is 0.493 e. The van der Waals surface area contributed by atoms with Crippen molar-refractivity contribution < 1.29 is 35.8 Å². The maximum absolute atomic E-state index is 12.6. The number of anilines is 3. The second-order valence-electron chi connectivity index (χ2n) is 10.2. The molecule has 0 atom stereocenters. The lowest BCUT2D eigenvalue weighted by Gasteiger charge is -2.28. The average Bonchev–Trinajstić information content (AvgIpc) is 2.97. The fourth-order valence-electron chi connectivity index (χ4n) is 5.29. The molecule has 0 N–H and O–H groups in total. The standard InChI is InChI=1S/C34H25F6NO2/c35-33(36,37)18-20-42-27-12-8-25(9-13-27)41(26-10-14-28(15-11-26)43-21-19-34(38,39)40)30-17-7-24-5-4-22-2-1-3-23-6-16-29(30)32(24)31(22)23/h1-17H,18-21H2. The molecule has 6 aromatic rings. The summed E-state index contributed by atoms with van der Waals surface area (Å²) in [5, 5.41) is 6.51. The lowest BCUT2D eigenvalue weighted by molar-refractivity contribution is -0.140. The Balaban J connectivity index is 1.40. The number of alkyl halides is 6. The second kappa shape index (κ2) is 11.2.